The first kappa shape index (κ1) is 46.7. The number of rotatable bonds is 23. The molecule has 2 fully saturated rings. The molecule has 10 nitrogen and oxygen atoms in total. The number of aliphatic hydroxyl groups excluding tert-OH is 2. The first-order valence-electron chi connectivity index (χ1n) is 21.5. The number of pyridine rings is 1. The van der Waals surface area contributed by atoms with Crippen LogP contribution in [0.4, 0.5) is 11.4 Å². The molecule has 60 heavy (non-hydrogen) atoms. The minimum Gasteiger partial charge on any atom is -0.391 e. The number of quaternary nitrogens is 1. The van der Waals surface area contributed by atoms with Crippen LogP contribution in [0.1, 0.15) is 62.1 Å². The molecule has 322 valence electrons. The SMILES string of the molecule is CC=C(C=C[NH2+]CCN(C)C(=O)CCCSSCCCC(=O)N(C)CC[n+]1ccc(C=Cc2ccc(N3CCC(O)C3)cc2)cc1)C=Cc1ccc(N2CCC(O)C2)cc1. The zero-order valence-electron chi connectivity index (χ0n) is 35.8. The summed E-state index contributed by atoms with van der Waals surface area (Å²) in [7, 11) is 7.34. The molecule has 1 aromatic heterocycles. The van der Waals surface area contributed by atoms with Crippen LogP contribution < -0.4 is 19.7 Å². The van der Waals surface area contributed by atoms with Gasteiger partial charge in [-0.15, -0.1) is 0 Å². The van der Waals surface area contributed by atoms with Crippen molar-refractivity contribution >= 4 is 63.0 Å². The van der Waals surface area contributed by atoms with E-state index >= 15 is 0 Å². The number of aromatic nitrogens is 1. The highest BCUT2D eigenvalue weighted by Gasteiger charge is 2.21. The number of aliphatic hydroxyl groups is 2. The Morgan fingerprint density at radius 2 is 1.23 bits per heavy atom. The summed E-state index contributed by atoms with van der Waals surface area (Å²) in [4.78, 5) is 33.5. The standard InChI is InChI=1S/C48H65N6O4S2/c1-4-39(9-10-40-13-17-43(18-14-40)53-30-24-45(55)37-53)21-26-49-27-32-50(2)47(57)7-5-35-59-60-36-6-8-48(58)51(3)33-34-52-28-22-42(23-29-52)12-11-41-15-19-44(20-16-41)54-31-25-46(56)38-54/h4,9-23,26,28-29,45-46,49,55-56H,5-8,24-25,27,30-38H2,1-3H3/q+1/p+1. The van der Waals surface area contributed by atoms with Gasteiger partial charge in [0, 0.05) is 88.1 Å². The predicted molar refractivity (Wildman–Crippen MR) is 252 cm³/mol. The van der Waals surface area contributed by atoms with Gasteiger partial charge >= 0.3 is 0 Å². The molecule has 0 radical (unpaired) electrons. The lowest BCUT2D eigenvalue weighted by atomic mass is 10.1. The van der Waals surface area contributed by atoms with E-state index in [1.807, 2.05) is 30.8 Å². The quantitative estimate of drug-likeness (QED) is 0.0471. The maximum absolute atomic E-state index is 12.7. The fraction of sp³-hybridized carbons (Fsp3) is 0.438. The lowest BCUT2D eigenvalue weighted by molar-refractivity contribution is -0.696. The van der Waals surface area contributed by atoms with Gasteiger partial charge in [-0.1, -0.05) is 76.2 Å². The summed E-state index contributed by atoms with van der Waals surface area (Å²) in [5.41, 5.74) is 6.82. The maximum Gasteiger partial charge on any atom is 0.222 e. The van der Waals surface area contributed by atoms with Gasteiger partial charge in [0.05, 0.1) is 38.0 Å². The van der Waals surface area contributed by atoms with Crippen LogP contribution in [-0.2, 0) is 16.1 Å². The summed E-state index contributed by atoms with van der Waals surface area (Å²) < 4.78 is 2.11. The number of benzene rings is 2. The van der Waals surface area contributed by atoms with Crippen molar-refractivity contribution in [3.05, 3.63) is 120 Å². The Kier molecular flexibility index (Phi) is 19.8. The van der Waals surface area contributed by atoms with Crippen LogP contribution >= 0.6 is 21.6 Å². The number of likely N-dealkylation sites (N-methyl/N-ethyl adjacent to an activating group) is 2. The molecular weight excluding hydrogens is 789 g/mol. The molecule has 2 atom stereocenters. The lowest BCUT2D eigenvalue weighted by Crippen LogP contribution is -2.79. The Morgan fingerprint density at radius 3 is 1.73 bits per heavy atom. The summed E-state index contributed by atoms with van der Waals surface area (Å²) >= 11 is 0. The van der Waals surface area contributed by atoms with Gasteiger partial charge in [-0.2, -0.15) is 0 Å². The highest BCUT2D eigenvalue weighted by atomic mass is 33.1. The van der Waals surface area contributed by atoms with Crippen molar-refractivity contribution < 1.29 is 29.7 Å². The van der Waals surface area contributed by atoms with Gasteiger partial charge in [0.25, 0.3) is 0 Å². The minimum atomic E-state index is -0.224. The first-order chi connectivity index (χ1) is 29.2. The van der Waals surface area contributed by atoms with Crippen molar-refractivity contribution in [2.24, 2.45) is 0 Å². The Hall–Kier alpha value is -4.33. The summed E-state index contributed by atoms with van der Waals surface area (Å²) in [6.45, 7) is 8.15. The third-order valence-corrected chi connectivity index (χ3v) is 13.5. The third kappa shape index (κ3) is 16.3. The van der Waals surface area contributed by atoms with Crippen molar-refractivity contribution in [3.63, 3.8) is 0 Å². The van der Waals surface area contributed by atoms with Crippen molar-refractivity contribution in [1.82, 2.24) is 9.80 Å². The lowest BCUT2D eigenvalue weighted by Gasteiger charge is -2.17. The number of hydrogen-bond donors (Lipinski definition) is 3. The van der Waals surface area contributed by atoms with E-state index in [4.69, 9.17) is 0 Å². The fourth-order valence-electron chi connectivity index (χ4n) is 7.03. The fourth-order valence-corrected chi connectivity index (χ4v) is 9.20. The van der Waals surface area contributed by atoms with E-state index in [9.17, 15) is 19.8 Å². The molecule has 5 rings (SSSR count). The van der Waals surface area contributed by atoms with E-state index in [0.717, 1.165) is 97.0 Å². The van der Waals surface area contributed by atoms with Gasteiger partial charge in [0.2, 0.25) is 11.8 Å². The molecule has 0 bridgehead atoms. The molecule has 3 aromatic rings. The number of anilines is 2. The van der Waals surface area contributed by atoms with Crippen molar-refractivity contribution in [2.45, 2.75) is 64.2 Å². The van der Waals surface area contributed by atoms with Crippen LogP contribution in [-0.4, -0.2) is 115 Å². The van der Waals surface area contributed by atoms with Crippen molar-refractivity contribution in [1.29, 1.82) is 0 Å². The predicted octanol–water partition coefficient (Wildman–Crippen LogP) is 5.88. The van der Waals surface area contributed by atoms with Crippen LogP contribution in [0, 0.1) is 0 Å². The van der Waals surface area contributed by atoms with Crippen LogP contribution in [0.15, 0.2) is 103 Å². The van der Waals surface area contributed by atoms with Gasteiger partial charge in [0.15, 0.2) is 18.9 Å². The van der Waals surface area contributed by atoms with Crippen molar-refractivity contribution in [2.75, 3.05) is 81.2 Å². The number of nitrogens with two attached hydrogens (primary N) is 1. The van der Waals surface area contributed by atoms with E-state index < -0.39 is 0 Å². The number of allylic oxidation sites excluding steroid dienone is 4. The molecule has 2 aliphatic rings. The van der Waals surface area contributed by atoms with E-state index in [0.29, 0.717) is 39.0 Å². The normalized spacial score (nSPS) is 17.2. The summed E-state index contributed by atoms with van der Waals surface area (Å²) in [6, 6.07) is 21.1. The second-order valence-electron chi connectivity index (χ2n) is 15.6. The van der Waals surface area contributed by atoms with Gasteiger partial charge < -0.3 is 35.1 Å². The molecule has 0 spiro atoms. The Morgan fingerprint density at radius 1 is 0.733 bits per heavy atom. The molecule has 2 amide bonds. The summed E-state index contributed by atoms with van der Waals surface area (Å²) in [6.07, 6.45) is 22.8. The molecule has 3 heterocycles. The molecule has 12 heteroatoms. The molecule has 2 aliphatic heterocycles. The smallest absolute Gasteiger partial charge is 0.222 e. The maximum atomic E-state index is 12.7. The van der Waals surface area contributed by atoms with Crippen molar-refractivity contribution in [3.8, 4) is 0 Å². The highest BCUT2D eigenvalue weighted by molar-refractivity contribution is 8.76. The average Bonchev–Trinajstić information content (AvgIpc) is 3.92. The summed E-state index contributed by atoms with van der Waals surface area (Å²) in [5.74, 6) is 2.19. The second kappa shape index (κ2) is 25.4. The Labute approximate surface area is 366 Å². The second-order valence-corrected chi connectivity index (χ2v) is 18.4. The number of nitrogens with zero attached hydrogens (tertiary/aromatic N) is 5. The van der Waals surface area contributed by atoms with Crippen LogP contribution in [0.5, 0.6) is 0 Å². The number of hydrogen-bond acceptors (Lipinski definition) is 8. The zero-order valence-corrected chi connectivity index (χ0v) is 37.4. The molecule has 0 saturated carbocycles. The third-order valence-electron chi connectivity index (χ3n) is 11.0. The molecule has 2 aromatic carbocycles. The molecule has 2 unspecified atom stereocenters. The Balaban J connectivity index is 0.849. The van der Waals surface area contributed by atoms with E-state index in [1.54, 1.807) is 21.6 Å². The van der Waals surface area contributed by atoms with Gasteiger partial charge in [-0.05, 0) is 85.2 Å². The van der Waals surface area contributed by atoms with Gasteiger partial charge in [-0.25, -0.2) is 4.57 Å². The van der Waals surface area contributed by atoms with E-state index in [-0.39, 0.29) is 24.0 Å². The highest BCUT2D eigenvalue weighted by Crippen LogP contribution is 2.25. The molecule has 2 saturated heterocycles. The van der Waals surface area contributed by atoms with Gasteiger partial charge in [0.1, 0.15) is 0 Å². The van der Waals surface area contributed by atoms with Crippen LogP contribution in [0.2, 0.25) is 0 Å². The number of carbonyl (C=O) groups is 2. The zero-order chi connectivity index (χ0) is 42.5. The van der Waals surface area contributed by atoms with Crippen LogP contribution in [0.25, 0.3) is 18.2 Å². The topological polar surface area (TPSA) is 108 Å². The average molecular weight is 855 g/mol. The minimum absolute atomic E-state index is 0.172. The molecule has 0 aliphatic carbocycles. The summed E-state index contributed by atoms with van der Waals surface area (Å²) in [5, 5.41) is 21.7. The molecule has 4 N–H and O–H groups in total. The van der Waals surface area contributed by atoms with E-state index in [2.05, 4.69) is 135 Å². The first-order valence-corrected chi connectivity index (χ1v) is 24.0. The number of amides is 2. The van der Waals surface area contributed by atoms with E-state index in [1.165, 1.54) is 0 Å². The Bertz CT molecular complexity index is 1880. The number of β-amino-alcohol motifs (C(OH)–C–C–N with tert-alkyl or cyclic N) is 2. The monoisotopic (exact) mass is 854 g/mol. The number of carbonyl (C=O) groups excluding carboxylic acids is 2. The van der Waals surface area contributed by atoms with Gasteiger partial charge in [-0.3, -0.25) is 9.59 Å². The van der Waals surface area contributed by atoms with Crippen LogP contribution in [0.3, 0.4) is 0 Å². The molecular formula is C48H66N6O4S2+2. The largest absolute Gasteiger partial charge is 0.391 e.